The quantitative estimate of drug-likeness (QED) is 0.597. The molecule has 1 nitrogen and oxygen atoms in total. The van der Waals surface area contributed by atoms with Gasteiger partial charge in [0.2, 0.25) is 0 Å². The lowest BCUT2D eigenvalue weighted by molar-refractivity contribution is -0.137. The van der Waals surface area contributed by atoms with E-state index < -0.39 is 53.3 Å². The SMILES string of the molecule is FC(F)(F)C1=CC(c2cc(C(F)(F)F)ccn2)CC(C(F)(F)F)=C1. The average molecular weight is 361 g/mol. The predicted octanol–water partition coefficient (Wildman–Crippen LogP) is 5.57. The summed E-state index contributed by atoms with van der Waals surface area (Å²) >= 11 is 0. The maximum atomic E-state index is 12.8. The van der Waals surface area contributed by atoms with Gasteiger partial charge < -0.3 is 0 Å². The fraction of sp³-hybridized carbons (Fsp3) is 0.357. The Labute approximate surface area is 129 Å². The molecule has 0 radical (unpaired) electrons. The topological polar surface area (TPSA) is 12.9 Å². The number of rotatable bonds is 1. The molecule has 1 unspecified atom stereocenters. The van der Waals surface area contributed by atoms with E-state index in [0.29, 0.717) is 24.4 Å². The molecular formula is C14H8F9N. The maximum Gasteiger partial charge on any atom is 0.416 e. The number of allylic oxidation sites excluding steroid dienone is 4. The molecule has 0 saturated heterocycles. The summed E-state index contributed by atoms with van der Waals surface area (Å²) in [5, 5.41) is 0. The molecule has 1 aromatic rings. The zero-order valence-corrected chi connectivity index (χ0v) is 11.5. The van der Waals surface area contributed by atoms with Crippen molar-refractivity contribution in [2.45, 2.75) is 30.9 Å². The number of halogens is 9. The van der Waals surface area contributed by atoms with Crippen LogP contribution in [0.3, 0.4) is 0 Å². The van der Waals surface area contributed by atoms with Crippen LogP contribution in [0.15, 0.2) is 41.6 Å². The first-order valence-electron chi connectivity index (χ1n) is 6.38. The average Bonchev–Trinajstić information content (AvgIpc) is 2.44. The van der Waals surface area contributed by atoms with Gasteiger partial charge in [-0.05, 0) is 24.6 Å². The zero-order chi connectivity index (χ0) is 18.3. The zero-order valence-electron chi connectivity index (χ0n) is 11.5. The van der Waals surface area contributed by atoms with Crippen LogP contribution < -0.4 is 0 Å². The van der Waals surface area contributed by atoms with Crippen molar-refractivity contribution < 1.29 is 39.5 Å². The summed E-state index contributed by atoms with van der Waals surface area (Å²) in [6.45, 7) is 0. The predicted molar refractivity (Wildman–Crippen MR) is 64.9 cm³/mol. The standard InChI is InChI=1S/C14H8F9N/c15-12(16,17)8-1-2-24-11(6-8)7-3-9(13(18,19)20)5-10(4-7)14(21,22)23/h1-3,5-7H,4H2. The third-order valence-electron chi connectivity index (χ3n) is 3.33. The molecule has 0 N–H and O–H groups in total. The number of aromatic nitrogens is 1. The molecule has 132 valence electrons. The molecule has 1 aliphatic carbocycles. The van der Waals surface area contributed by atoms with Crippen LogP contribution in [-0.2, 0) is 6.18 Å². The first-order valence-corrected chi connectivity index (χ1v) is 6.38. The van der Waals surface area contributed by atoms with Crippen LogP contribution in [0.1, 0.15) is 23.6 Å². The number of hydrogen-bond donors (Lipinski definition) is 0. The molecule has 24 heavy (non-hydrogen) atoms. The highest BCUT2D eigenvalue weighted by Crippen LogP contribution is 2.43. The van der Waals surface area contributed by atoms with Gasteiger partial charge >= 0.3 is 18.5 Å². The number of alkyl halides is 9. The van der Waals surface area contributed by atoms with Crippen molar-refractivity contribution in [1.82, 2.24) is 4.98 Å². The molecule has 0 aromatic carbocycles. The van der Waals surface area contributed by atoms with E-state index in [1.165, 1.54) is 0 Å². The Morgan fingerprint density at radius 3 is 2.00 bits per heavy atom. The van der Waals surface area contributed by atoms with Gasteiger partial charge in [-0.3, -0.25) is 4.98 Å². The Balaban J connectivity index is 2.48. The molecular weight excluding hydrogens is 353 g/mol. The highest BCUT2D eigenvalue weighted by Gasteiger charge is 2.42. The van der Waals surface area contributed by atoms with Crippen LogP contribution in [0.25, 0.3) is 0 Å². The van der Waals surface area contributed by atoms with Crippen LogP contribution >= 0.6 is 0 Å². The van der Waals surface area contributed by atoms with E-state index >= 15 is 0 Å². The van der Waals surface area contributed by atoms with Crippen molar-refractivity contribution in [1.29, 1.82) is 0 Å². The smallest absolute Gasteiger partial charge is 0.261 e. The van der Waals surface area contributed by atoms with Gasteiger partial charge in [0.15, 0.2) is 0 Å². The van der Waals surface area contributed by atoms with Crippen LogP contribution in [-0.4, -0.2) is 17.3 Å². The van der Waals surface area contributed by atoms with Crippen molar-refractivity contribution in [3.8, 4) is 0 Å². The summed E-state index contributed by atoms with van der Waals surface area (Å²) in [6, 6.07) is 1.04. The maximum absolute atomic E-state index is 12.8. The largest absolute Gasteiger partial charge is 0.416 e. The van der Waals surface area contributed by atoms with Crippen molar-refractivity contribution in [3.05, 3.63) is 52.9 Å². The number of hydrogen-bond acceptors (Lipinski definition) is 1. The highest BCUT2D eigenvalue weighted by atomic mass is 19.4. The molecule has 2 rings (SSSR count). The van der Waals surface area contributed by atoms with E-state index in [0.717, 1.165) is 0 Å². The minimum atomic E-state index is -5.06. The fourth-order valence-electron chi connectivity index (χ4n) is 2.20. The van der Waals surface area contributed by atoms with Crippen molar-refractivity contribution in [2.24, 2.45) is 0 Å². The van der Waals surface area contributed by atoms with E-state index in [9.17, 15) is 39.5 Å². The molecule has 10 heteroatoms. The Morgan fingerprint density at radius 2 is 1.50 bits per heavy atom. The van der Waals surface area contributed by atoms with E-state index in [1.807, 2.05) is 0 Å². The van der Waals surface area contributed by atoms with Crippen molar-refractivity contribution >= 4 is 0 Å². The molecule has 1 aliphatic rings. The van der Waals surface area contributed by atoms with Crippen LogP contribution in [0, 0.1) is 0 Å². The molecule has 1 aromatic heterocycles. The highest BCUT2D eigenvalue weighted by molar-refractivity contribution is 5.39. The fourth-order valence-corrected chi connectivity index (χ4v) is 2.20. The third kappa shape index (κ3) is 4.09. The third-order valence-corrected chi connectivity index (χ3v) is 3.33. The van der Waals surface area contributed by atoms with Crippen molar-refractivity contribution in [3.63, 3.8) is 0 Å². The van der Waals surface area contributed by atoms with Gasteiger partial charge in [0.1, 0.15) is 0 Å². The summed E-state index contributed by atoms with van der Waals surface area (Å²) in [5.41, 5.74) is -4.74. The molecule has 1 heterocycles. The van der Waals surface area contributed by atoms with Gasteiger partial charge in [-0.2, -0.15) is 39.5 Å². The number of pyridine rings is 1. The van der Waals surface area contributed by atoms with E-state index in [1.54, 1.807) is 0 Å². The molecule has 0 spiro atoms. The molecule has 0 saturated carbocycles. The summed E-state index contributed by atoms with van der Waals surface area (Å²) in [5.74, 6) is -1.56. The second-order valence-corrected chi connectivity index (χ2v) is 5.06. The molecule has 0 amide bonds. The molecule has 0 bridgehead atoms. The first kappa shape index (κ1) is 18.3. The lowest BCUT2D eigenvalue weighted by Crippen LogP contribution is -2.22. The van der Waals surface area contributed by atoms with Gasteiger partial charge in [-0.1, -0.05) is 6.08 Å². The first-order chi connectivity index (χ1) is 10.8. The summed E-state index contributed by atoms with van der Waals surface area (Å²) in [6.07, 6.45) is -14.7. The summed E-state index contributed by atoms with van der Waals surface area (Å²) in [4.78, 5) is 3.50. The van der Waals surface area contributed by atoms with Gasteiger partial charge in [-0.25, -0.2) is 0 Å². The van der Waals surface area contributed by atoms with Gasteiger partial charge in [0.25, 0.3) is 0 Å². The summed E-state index contributed by atoms with van der Waals surface area (Å²) < 4.78 is 115. The van der Waals surface area contributed by atoms with E-state index in [2.05, 4.69) is 4.98 Å². The summed E-state index contributed by atoms with van der Waals surface area (Å²) in [7, 11) is 0. The Morgan fingerprint density at radius 1 is 0.875 bits per heavy atom. The monoisotopic (exact) mass is 361 g/mol. The van der Waals surface area contributed by atoms with Gasteiger partial charge in [0, 0.05) is 23.4 Å². The molecule has 1 atom stereocenters. The second kappa shape index (κ2) is 5.82. The van der Waals surface area contributed by atoms with Crippen molar-refractivity contribution in [2.75, 3.05) is 0 Å². The second-order valence-electron chi connectivity index (χ2n) is 5.06. The Hall–Kier alpha value is -2.00. The molecule has 0 fully saturated rings. The minimum Gasteiger partial charge on any atom is -0.261 e. The lowest BCUT2D eigenvalue weighted by Gasteiger charge is -2.24. The molecule has 0 aliphatic heterocycles. The minimum absolute atomic E-state index is 0.0376. The van der Waals surface area contributed by atoms with E-state index in [-0.39, 0.29) is 6.08 Å². The van der Waals surface area contributed by atoms with Gasteiger partial charge in [0.05, 0.1) is 11.1 Å². The Bertz CT molecular complexity index is 677. The Kier molecular flexibility index (Phi) is 4.45. The normalized spacial score (nSPS) is 19.8. The lowest BCUT2D eigenvalue weighted by atomic mass is 9.87. The van der Waals surface area contributed by atoms with Gasteiger partial charge in [-0.15, -0.1) is 0 Å². The van der Waals surface area contributed by atoms with E-state index in [4.69, 9.17) is 0 Å². The van der Waals surface area contributed by atoms with Crippen LogP contribution in [0.5, 0.6) is 0 Å². The number of nitrogens with zero attached hydrogens (tertiary/aromatic N) is 1. The van der Waals surface area contributed by atoms with Crippen LogP contribution in [0.2, 0.25) is 0 Å². The van der Waals surface area contributed by atoms with Crippen LogP contribution in [0.4, 0.5) is 39.5 Å².